The zero-order valence-corrected chi connectivity index (χ0v) is 22.7. The topological polar surface area (TPSA) is 86.2 Å². The number of aliphatic hydroxyl groups is 1. The van der Waals surface area contributed by atoms with E-state index < -0.39 is 23.2 Å². The number of aryl methyl sites for hydroxylation is 1. The highest BCUT2D eigenvalue weighted by molar-refractivity contribution is 5.95. The van der Waals surface area contributed by atoms with Crippen LogP contribution in [0.3, 0.4) is 0 Å². The van der Waals surface area contributed by atoms with Crippen LogP contribution in [0, 0.1) is 18.8 Å². The molecule has 11 heteroatoms. The van der Waals surface area contributed by atoms with Crippen LogP contribution in [0.15, 0.2) is 36.4 Å². The minimum atomic E-state index is -5.19. The summed E-state index contributed by atoms with van der Waals surface area (Å²) in [5.74, 6) is 0.213. The smallest absolute Gasteiger partial charge is 0.430 e. The van der Waals surface area contributed by atoms with Gasteiger partial charge in [0, 0.05) is 45.8 Å². The Hall–Kier alpha value is -3.34. The van der Waals surface area contributed by atoms with Crippen LogP contribution >= 0.6 is 0 Å². The van der Waals surface area contributed by atoms with E-state index in [0.29, 0.717) is 30.0 Å². The highest BCUT2D eigenvalue weighted by Gasteiger charge is 2.62. The molecule has 212 valence electrons. The van der Waals surface area contributed by atoms with Crippen molar-refractivity contribution in [2.45, 2.75) is 38.0 Å². The molecule has 3 heterocycles. The summed E-state index contributed by atoms with van der Waals surface area (Å²) in [7, 11) is 4.71. The molecule has 8 nitrogen and oxygen atoms in total. The van der Waals surface area contributed by atoms with Crippen molar-refractivity contribution < 1.29 is 32.6 Å². The van der Waals surface area contributed by atoms with Gasteiger partial charge in [0.25, 0.3) is 17.4 Å². The van der Waals surface area contributed by atoms with E-state index in [1.54, 1.807) is 20.2 Å². The molecule has 0 spiro atoms. The summed E-state index contributed by atoms with van der Waals surface area (Å²) in [6.07, 6.45) is -3.12. The number of carbonyl (C=O) groups is 2. The van der Waals surface area contributed by atoms with Crippen LogP contribution in [0.1, 0.15) is 40.9 Å². The first-order chi connectivity index (χ1) is 18.3. The molecular weight excluding hydrogens is 513 g/mol. The highest BCUT2D eigenvalue weighted by atomic mass is 19.4. The van der Waals surface area contributed by atoms with Gasteiger partial charge in [0.15, 0.2) is 0 Å². The lowest BCUT2D eigenvalue weighted by Gasteiger charge is -2.43. The standard InChI is InChI=1S/C28H35F3N4O4/c1-18-23(25(36)33(2)3)8-9-24(32-18)35-16-20(17-35)14-19-10-12-34(13-11-19)26(37)27(38,28(29,30)31)21-6-5-7-22(15-21)39-4/h5-9,15,19-20,38H,10-14,16-17H2,1-4H3. The fraction of sp³-hybridized carbons (Fsp3) is 0.536. The Morgan fingerprint density at radius 2 is 1.77 bits per heavy atom. The van der Waals surface area contributed by atoms with Gasteiger partial charge in [0.2, 0.25) is 0 Å². The number of anilines is 1. The molecule has 4 rings (SSSR count). The summed E-state index contributed by atoms with van der Waals surface area (Å²) >= 11 is 0. The monoisotopic (exact) mass is 548 g/mol. The van der Waals surface area contributed by atoms with Gasteiger partial charge in [-0.1, -0.05) is 12.1 Å². The summed E-state index contributed by atoms with van der Waals surface area (Å²) in [6, 6.07) is 8.57. The maximum Gasteiger partial charge on any atom is 0.430 e. The second-order valence-corrected chi connectivity index (χ2v) is 10.7. The third kappa shape index (κ3) is 5.68. The fourth-order valence-corrected chi connectivity index (χ4v) is 5.43. The van der Waals surface area contributed by atoms with Crippen molar-refractivity contribution in [3.05, 3.63) is 53.2 Å². The van der Waals surface area contributed by atoms with Gasteiger partial charge in [0.05, 0.1) is 18.4 Å². The number of amides is 2. The molecule has 2 amide bonds. The van der Waals surface area contributed by atoms with Crippen molar-refractivity contribution in [1.29, 1.82) is 0 Å². The molecule has 1 N–H and O–H groups in total. The summed E-state index contributed by atoms with van der Waals surface area (Å²) in [4.78, 5) is 34.7. The number of hydrogen-bond acceptors (Lipinski definition) is 6. The highest BCUT2D eigenvalue weighted by Crippen LogP contribution is 2.42. The van der Waals surface area contributed by atoms with E-state index in [4.69, 9.17) is 4.74 Å². The van der Waals surface area contributed by atoms with Gasteiger partial charge in [-0.15, -0.1) is 0 Å². The second-order valence-electron chi connectivity index (χ2n) is 10.7. The average Bonchev–Trinajstić information content (AvgIpc) is 2.88. The number of ether oxygens (including phenoxy) is 1. The molecule has 1 unspecified atom stereocenters. The van der Waals surface area contributed by atoms with Crippen LogP contribution in [-0.4, -0.2) is 85.3 Å². The Bertz CT molecular complexity index is 1210. The van der Waals surface area contributed by atoms with Crippen LogP contribution in [0.4, 0.5) is 19.0 Å². The summed E-state index contributed by atoms with van der Waals surface area (Å²) < 4.78 is 47.2. The largest absolute Gasteiger partial charge is 0.497 e. The maximum atomic E-state index is 14.1. The third-order valence-electron chi connectivity index (χ3n) is 7.76. The van der Waals surface area contributed by atoms with Gasteiger partial charge in [0.1, 0.15) is 11.6 Å². The Kier molecular flexibility index (Phi) is 8.11. The average molecular weight is 549 g/mol. The lowest BCUT2D eigenvalue weighted by molar-refractivity contribution is -0.262. The second kappa shape index (κ2) is 11.0. The van der Waals surface area contributed by atoms with E-state index in [1.165, 1.54) is 24.1 Å². The van der Waals surface area contributed by atoms with Crippen LogP contribution in [0.2, 0.25) is 0 Å². The van der Waals surface area contributed by atoms with E-state index in [9.17, 15) is 27.9 Å². The number of alkyl halides is 3. The van der Waals surface area contributed by atoms with Crippen molar-refractivity contribution in [2.24, 2.45) is 11.8 Å². The predicted molar refractivity (Wildman–Crippen MR) is 140 cm³/mol. The van der Waals surface area contributed by atoms with Crippen LogP contribution < -0.4 is 9.64 Å². The van der Waals surface area contributed by atoms with E-state index in [-0.39, 0.29) is 30.7 Å². The Morgan fingerprint density at radius 3 is 2.33 bits per heavy atom. The van der Waals surface area contributed by atoms with Gasteiger partial charge in [-0.3, -0.25) is 9.59 Å². The molecule has 2 aliphatic rings. The normalized spacial score (nSPS) is 18.4. The first-order valence-corrected chi connectivity index (χ1v) is 13.0. The Morgan fingerprint density at radius 1 is 1.10 bits per heavy atom. The number of aromatic nitrogens is 1. The molecule has 39 heavy (non-hydrogen) atoms. The first-order valence-electron chi connectivity index (χ1n) is 13.0. The van der Waals surface area contributed by atoms with Gasteiger partial charge in [-0.25, -0.2) is 4.98 Å². The van der Waals surface area contributed by atoms with Crippen LogP contribution in [0.5, 0.6) is 5.75 Å². The molecule has 1 aromatic heterocycles. The van der Waals surface area contributed by atoms with Crippen molar-refractivity contribution in [3.8, 4) is 5.75 Å². The third-order valence-corrected chi connectivity index (χ3v) is 7.76. The number of nitrogens with zero attached hydrogens (tertiary/aromatic N) is 4. The van der Waals surface area contributed by atoms with E-state index in [2.05, 4.69) is 9.88 Å². The van der Waals surface area contributed by atoms with E-state index in [0.717, 1.165) is 42.4 Å². The van der Waals surface area contributed by atoms with Gasteiger partial charge >= 0.3 is 6.18 Å². The van der Waals surface area contributed by atoms with Gasteiger partial charge in [-0.05, 0) is 62.3 Å². The zero-order valence-electron chi connectivity index (χ0n) is 22.7. The van der Waals surface area contributed by atoms with Crippen molar-refractivity contribution in [3.63, 3.8) is 0 Å². The Balaban J connectivity index is 1.32. The molecule has 1 aromatic carbocycles. The SMILES string of the molecule is COc1cccc(C(O)(C(=O)N2CCC(CC3CN(c4ccc(C(=O)N(C)C)c(C)n4)C3)CC2)C(F)(F)F)c1. The minimum absolute atomic E-state index is 0.0879. The number of methoxy groups -OCH3 is 1. The number of pyridine rings is 1. The van der Waals surface area contributed by atoms with E-state index >= 15 is 0 Å². The molecular formula is C28H35F3N4O4. The minimum Gasteiger partial charge on any atom is -0.497 e. The first kappa shape index (κ1) is 28.7. The number of rotatable bonds is 7. The van der Waals surface area contributed by atoms with Crippen LogP contribution in [0.25, 0.3) is 0 Å². The molecule has 0 bridgehead atoms. The number of hydrogen-bond donors (Lipinski definition) is 1. The molecule has 1 atom stereocenters. The van der Waals surface area contributed by atoms with E-state index in [1.807, 2.05) is 13.0 Å². The number of piperidine rings is 1. The fourth-order valence-electron chi connectivity index (χ4n) is 5.43. The maximum absolute atomic E-state index is 14.1. The number of carbonyl (C=O) groups excluding carboxylic acids is 2. The van der Waals surface area contributed by atoms with Crippen molar-refractivity contribution in [1.82, 2.24) is 14.8 Å². The van der Waals surface area contributed by atoms with Gasteiger partial charge < -0.3 is 24.5 Å². The number of benzene rings is 1. The molecule has 2 fully saturated rings. The van der Waals surface area contributed by atoms with Crippen molar-refractivity contribution >= 4 is 17.6 Å². The molecule has 2 aromatic rings. The molecule has 0 aliphatic carbocycles. The quantitative estimate of drug-likeness (QED) is 0.569. The summed E-state index contributed by atoms with van der Waals surface area (Å²) in [6.45, 7) is 3.77. The van der Waals surface area contributed by atoms with Crippen LogP contribution in [-0.2, 0) is 10.4 Å². The zero-order chi connectivity index (χ0) is 28.5. The Labute approximate surface area is 226 Å². The number of halogens is 3. The lowest BCUT2D eigenvalue weighted by Crippen LogP contribution is -2.57. The lowest BCUT2D eigenvalue weighted by atomic mass is 9.83. The molecule has 0 radical (unpaired) electrons. The van der Waals surface area contributed by atoms with Crippen molar-refractivity contribution in [2.75, 3.05) is 52.3 Å². The number of likely N-dealkylation sites (tertiary alicyclic amines) is 1. The molecule has 2 saturated heterocycles. The van der Waals surface area contributed by atoms with Gasteiger partial charge in [-0.2, -0.15) is 13.2 Å². The summed E-state index contributed by atoms with van der Waals surface area (Å²) in [5.41, 5.74) is -2.94. The predicted octanol–water partition coefficient (Wildman–Crippen LogP) is 3.62. The molecule has 0 saturated carbocycles. The summed E-state index contributed by atoms with van der Waals surface area (Å²) in [5, 5.41) is 10.7. The molecule has 2 aliphatic heterocycles.